The predicted octanol–water partition coefficient (Wildman–Crippen LogP) is 6.87. The molecule has 2 aliphatic heterocycles. The molecule has 50 heavy (non-hydrogen) atoms. The minimum Gasteiger partial charge on any atom is -0.497 e. The molecule has 1 saturated heterocycles. The fourth-order valence-corrected chi connectivity index (χ4v) is 13.1. The monoisotopic (exact) mass is 798 g/mol. The van der Waals surface area contributed by atoms with E-state index in [4.69, 9.17) is 9.47 Å². The summed E-state index contributed by atoms with van der Waals surface area (Å²) in [6.07, 6.45) is 2.38. The summed E-state index contributed by atoms with van der Waals surface area (Å²) in [4.78, 5) is 16.9. The van der Waals surface area contributed by atoms with E-state index in [1.807, 2.05) is 76.4 Å². The van der Waals surface area contributed by atoms with Gasteiger partial charge in [-0.1, -0.05) is 103 Å². The molecule has 10 heteroatoms. The van der Waals surface area contributed by atoms with Gasteiger partial charge in [0, 0.05) is 27.8 Å². The van der Waals surface area contributed by atoms with Gasteiger partial charge in [0.1, 0.15) is 5.75 Å². The first-order valence-electron chi connectivity index (χ1n) is 17.2. The van der Waals surface area contributed by atoms with Crippen molar-refractivity contribution in [1.29, 1.82) is 0 Å². The van der Waals surface area contributed by atoms with Gasteiger partial charge in [0.15, 0.2) is 5.60 Å². The lowest BCUT2D eigenvalue weighted by Gasteiger charge is -2.37. The molecule has 258 valence electrons. The number of aromatic nitrogens is 3. The number of methoxy groups -OCH3 is 1. The van der Waals surface area contributed by atoms with E-state index in [-0.39, 0.29) is 36.0 Å². The summed E-state index contributed by atoms with van der Waals surface area (Å²) < 4.78 is 15.8. The van der Waals surface area contributed by atoms with Crippen molar-refractivity contribution in [3.63, 3.8) is 0 Å². The summed E-state index contributed by atoms with van der Waals surface area (Å²) in [7, 11) is -0.599. The van der Waals surface area contributed by atoms with Gasteiger partial charge in [0.25, 0.3) is 5.91 Å². The molecule has 3 heterocycles. The highest BCUT2D eigenvalue weighted by Gasteiger charge is 2.66. The molecule has 0 radical (unpaired) electrons. The number of amides is 1. The van der Waals surface area contributed by atoms with Crippen LogP contribution in [0.3, 0.4) is 0 Å². The molecule has 1 aromatic heterocycles. The minimum atomic E-state index is -2.29. The number of nitrogens with zero attached hydrogens (tertiary/aromatic N) is 4. The molecule has 0 aliphatic carbocycles. The lowest BCUT2D eigenvalue weighted by molar-refractivity contribution is -0.146. The van der Waals surface area contributed by atoms with Gasteiger partial charge < -0.3 is 19.5 Å². The molecule has 8 nitrogen and oxygen atoms in total. The highest BCUT2D eigenvalue weighted by Crippen LogP contribution is 2.60. The Balaban J connectivity index is 1.24. The number of carbonyl (C=O) groups is 1. The van der Waals surface area contributed by atoms with Crippen LogP contribution < -0.4 is 14.8 Å². The van der Waals surface area contributed by atoms with Crippen molar-refractivity contribution < 1.29 is 19.4 Å². The SMILES string of the molecule is COc1ccc([Si](C)(C)[C@H]2[C@H](CCn3cc(C(CO)c4ccccc4)nn3)O[C@@]3(C(=O)N(Cc4cccc(I)c4)c4ccccc43)[C@@H]2C)cc1. The van der Waals surface area contributed by atoms with Gasteiger partial charge in [-0.05, 0) is 76.0 Å². The van der Waals surface area contributed by atoms with Crippen LogP contribution in [0.25, 0.3) is 0 Å². The standard InChI is InChI=1S/C40H43IN4O4Si/c1-27-38(50(3,4)32-19-17-31(48-2)18-20-32)37(21-22-44-25-35(42-43-44)33(26-46)29-12-6-5-7-13-29)49-40(27)34-15-8-9-16-36(34)45(39(40)47)24-28-11-10-14-30(41)23-28/h5-20,23,25,27,33,37-38,46H,21-22,24,26H2,1-4H3/t27-,33?,37+,38-,40+/m1/s1. The first-order valence-corrected chi connectivity index (χ1v) is 21.4. The van der Waals surface area contributed by atoms with Gasteiger partial charge in [-0.2, -0.15) is 0 Å². The lowest BCUT2D eigenvalue weighted by atomic mass is 9.82. The second-order valence-corrected chi connectivity index (χ2v) is 20.0. The topological polar surface area (TPSA) is 89.7 Å². The van der Waals surface area contributed by atoms with Gasteiger partial charge in [-0.3, -0.25) is 9.48 Å². The van der Waals surface area contributed by atoms with E-state index in [1.54, 1.807) is 7.11 Å². The van der Waals surface area contributed by atoms with Crippen molar-refractivity contribution in [2.75, 3.05) is 18.6 Å². The van der Waals surface area contributed by atoms with Crippen molar-refractivity contribution in [3.8, 4) is 5.75 Å². The van der Waals surface area contributed by atoms with Crippen LogP contribution in [0.5, 0.6) is 5.75 Å². The Hall–Kier alpha value is -3.84. The van der Waals surface area contributed by atoms with E-state index in [0.717, 1.165) is 37.4 Å². The maximum Gasteiger partial charge on any atom is 0.264 e. The van der Waals surface area contributed by atoms with Gasteiger partial charge in [-0.15, -0.1) is 5.10 Å². The van der Waals surface area contributed by atoms with Crippen LogP contribution in [0.4, 0.5) is 5.69 Å². The molecule has 1 spiro atoms. The average molecular weight is 799 g/mol. The Kier molecular flexibility index (Phi) is 9.72. The summed E-state index contributed by atoms with van der Waals surface area (Å²) >= 11 is 2.32. The Morgan fingerprint density at radius 3 is 2.46 bits per heavy atom. The molecule has 1 unspecified atom stereocenters. The highest BCUT2D eigenvalue weighted by molar-refractivity contribution is 14.1. The van der Waals surface area contributed by atoms with Crippen LogP contribution in [0.2, 0.25) is 18.6 Å². The maximum atomic E-state index is 15.0. The number of para-hydroxylation sites is 1. The van der Waals surface area contributed by atoms with Crippen molar-refractivity contribution in [1.82, 2.24) is 15.0 Å². The largest absolute Gasteiger partial charge is 0.497 e. The van der Waals surface area contributed by atoms with Crippen LogP contribution in [0.15, 0.2) is 109 Å². The number of rotatable bonds is 11. The third-order valence-corrected chi connectivity index (χ3v) is 15.9. The zero-order valence-electron chi connectivity index (χ0n) is 28.9. The molecule has 2 aliphatic rings. The zero-order valence-corrected chi connectivity index (χ0v) is 32.0. The number of carbonyl (C=O) groups excluding carboxylic acids is 1. The first-order chi connectivity index (χ1) is 24.2. The van der Waals surface area contributed by atoms with Crippen LogP contribution in [-0.2, 0) is 28.2 Å². The smallest absolute Gasteiger partial charge is 0.264 e. The predicted molar refractivity (Wildman–Crippen MR) is 206 cm³/mol. The van der Waals surface area contributed by atoms with Gasteiger partial charge in [-0.25, -0.2) is 0 Å². The van der Waals surface area contributed by atoms with Crippen LogP contribution in [0.1, 0.15) is 41.6 Å². The number of hydrogen-bond acceptors (Lipinski definition) is 6. The first kappa shape index (κ1) is 34.6. The molecule has 0 bridgehead atoms. The van der Waals surface area contributed by atoms with Gasteiger partial charge in [0.2, 0.25) is 0 Å². The number of benzene rings is 4. The molecule has 0 saturated carbocycles. The van der Waals surface area contributed by atoms with E-state index in [2.05, 4.69) is 95.4 Å². The molecule has 7 rings (SSSR count). The van der Waals surface area contributed by atoms with E-state index in [1.165, 1.54) is 5.19 Å². The summed E-state index contributed by atoms with van der Waals surface area (Å²) in [6.45, 7) is 8.02. The molecule has 4 aromatic carbocycles. The molecule has 5 atom stereocenters. The van der Waals surface area contributed by atoms with Crippen molar-refractivity contribution >= 4 is 47.4 Å². The summed E-state index contributed by atoms with van der Waals surface area (Å²) in [5, 5.41) is 20.5. The Labute approximate surface area is 308 Å². The number of aliphatic hydroxyl groups is 1. The molecule has 1 amide bonds. The second-order valence-electron chi connectivity index (χ2n) is 14.0. The fraction of sp³-hybridized carbons (Fsp3) is 0.325. The molecular weight excluding hydrogens is 755 g/mol. The fourth-order valence-electron chi connectivity index (χ4n) is 8.41. The van der Waals surface area contributed by atoms with E-state index < -0.39 is 13.7 Å². The van der Waals surface area contributed by atoms with Crippen molar-refractivity contribution in [3.05, 3.63) is 135 Å². The summed E-state index contributed by atoms with van der Waals surface area (Å²) in [6, 6.07) is 34.9. The van der Waals surface area contributed by atoms with Crippen LogP contribution in [-0.4, -0.2) is 53.9 Å². The Morgan fingerprint density at radius 2 is 1.74 bits per heavy atom. The number of aliphatic hydroxyl groups excluding tert-OH is 1. The van der Waals surface area contributed by atoms with E-state index in [0.29, 0.717) is 19.5 Å². The molecule has 1 fully saturated rings. The quantitative estimate of drug-likeness (QED) is 0.116. The van der Waals surface area contributed by atoms with Crippen molar-refractivity contribution in [2.24, 2.45) is 5.92 Å². The minimum absolute atomic E-state index is 0.00813. The number of aryl methyl sites for hydroxylation is 1. The molecule has 1 N–H and O–H groups in total. The average Bonchev–Trinajstić information content (AvgIpc) is 3.79. The highest BCUT2D eigenvalue weighted by atomic mass is 127. The van der Waals surface area contributed by atoms with E-state index in [9.17, 15) is 9.90 Å². The molecular formula is C40H43IN4O4Si. The summed E-state index contributed by atoms with van der Waals surface area (Å²) in [5.74, 6) is 0.492. The maximum absolute atomic E-state index is 15.0. The number of ether oxygens (including phenoxy) is 2. The van der Waals surface area contributed by atoms with E-state index >= 15 is 0 Å². The second kappa shape index (κ2) is 14.1. The summed E-state index contributed by atoms with van der Waals surface area (Å²) in [5.41, 5.74) is 3.69. The third kappa shape index (κ3) is 6.10. The number of anilines is 1. The van der Waals surface area contributed by atoms with Gasteiger partial charge >= 0.3 is 0 Å². The zero-order chi connectivity index (χ0) is 35.0. The Bertz CT molecular complexity index is 1970. The normalized spacial score (nSPS) is 22.2. The number of hydrogen-bond donors (Lipinski definition) is 1. The molecule has 5 aromatic rings. The lowest BCUT2D eigenvalue weighted by Crippen LogP contribution is -2.51. The third-order valence-electron chi connectivity index (χ3n) is 10.9. The van der Waals surface area contributed by atoms with Crippen LogP contribution in [0, 0.1) is 9.49 Å². The van der Waals surface area contributed by atoms with Crippen molar-refractivity contribution in [2.45, 2.75) is 62.7 Å². The number of halogens is 1. The number of fused-ring (bicyclic) bond motifs is 2. The Morgan fingerprint density at radius 1 is 1.00 bits per heavy atom. The van der Waals surface area contributed by atoms with Crippen LogP contribution >= 0.6 is 22.6 Å². The van der Waals surface area contributed by atoms with Gasteiger partial charge in [0.05, 0.1) is 51.7 Å².